The Morgan fingerprint density at radius 1 is 1.26 bits per heavy atom. The first-order valence-electron chi connectivity index (χ1n) is 5.93. The van der Waals surface area contributed by atoms with E-state index in [4.69, 9.17) is 10.5 Å². The molecule has 1 aromatic carbocycles. The number of hydrogen-bond acceptors (Lipinski definition) is 4. The molecule has 2 aromatic heterocycles. The van der Waals surface area contributed by atoms with Gasteiger partial charge in [-0.15, -0.1) is 0 Å². The molecule has 0 unspecified atom stereocenters. The largest absolute Gasteiger partial charge is 0.496 e. The van der Waals surface area contributed by atoms with Gasteiger partial charge in [-0.2, -0.15) is 0 Å². The zero-order valence-corrected chi connectivity index (χ0v) is 10.8. The third-order valence-electron chi connectivity index (χ3n) is 3.11. The Labute approximate surface area is 110 Å². The minimum Gasteiger partial charge on any atom is -0.496 e. The van der Waals surface area contributed by atoms with Crippen molar-refractivity contribution in [3.05, 3.63) is 36.3 Å². The van der Waals surface area contributed by atoms with Crippen molar-refractivity contribution in [1.29, 1.82) is 0 Å². The number of rotatable bonds is 2. The topological polar surface area (TPSA) is 76.8 Å². The van der Waals surface area contributed by atoms with Gasteiger partial charge in [0, 0.05) is 11.8 Å². The number of aromatic nitrogens is 3. The highest BCUT2D eigenvalue weighted by Crippen LogP contribution is 2.35. The van der Waals surface area contributed by atoms with E-state index in [2.05, 4.69) is 15.0 Å². The molecular weight excluding hydrogens is 240 g/mol. The minimum absolute atomic E-state index is 0.633. The summed E-state index contributed by atoms with van der Waals surface area (Å²) < 4.78 is 5.43. The molecule has 0 aliphatic carbocycles. The van der Waals surface area contributed by atoms with Crippen LogP contribution in [0, 0.1) is 6.92 Å². The second kappa shape index (κ2) is 4.28. The molecule has 5 nitrogen and oxygen atoms in total. The van der Waals surface area contributed by atoms with E-state index in [-0.39, 0.29) is 0 Å². The average Bonchev–Trinajstić information content (AvgIpc) is 2.81. The molecule has 3 rings (SSSR count). The number of nitrogen functional groups attached to an aromatic ring is 1. The number of nitrogens with one attached hydrogen (secondary N) is 1. The molecular formula is C14H14N4O. The summed E-state index contributed by atoms with van der Waals surface area (Å²) in [6, 6.07) is 5.99. The zero-order valence-electron chi connectivity index (χ0n) is 10.8. The van der Waals surface area contributed by atoms with Crippen molar-refractivity contribution >= 4 is 16.7 Å². The van der Waals surface area contributed by atoms with Crippen LogP contribution in [0.3, 0.4) is 0 Å². The third kappa shape index (κ3) is 1.79. The highest BCUT2D eigenvalue weighted by molar-refractivity contribution is 6.00. The normalized spacial score (nSPS) is 10.8. The Kier molecular flexibility index (Phi) is 2.59. The minimum atomic E-state index is 0.633. The molecule has 3 N–H and O–H groups in total. The van der Waals surface area contributed by atoms with Gasteiger partial charge < -0.3 is 15.5 Å². The maximum Gasteiger partial charge on any atom is 0.143 e. The number of fused-ring (bicyclic) bond motifs is 1. The molecule has 0 atom stereocenters. The molecule has 0 spiro atoms. The maximum absolute atomic E-state index is 5.98. The van der Waals surface area contributed by atoms with Gasteiger partial charge in [0.2, 0.25) is 0 Å². The number of ether oxygens (including phenoxy) is 1. The van der Waals surface area contributed by atoms with E-state index in [1.165, 1.54) is 6.33 Å². The molecule has 96 valence electrons. The van der Waals surface area contributed by atoms with Crippen molar-refractivity contribution in [1.82, 2.24) is 15.0 Å². The summed E-state index contributed by atoms with van der Waals surface area (Å²) in [4.78, 5) is 11.6. The lowest BCUT2D eigenvalue weighted by Gasteiger charge is -2.10. The molecule has 3 aromatic rings. The van der Waals surface area contributed by atoms with Gasteiger partial charge in [-0.1, -0.05) is 6.07 Å². The molecule has 0 bridgehead atoms. The quantitative estimate of drug-likeness (QED) is 0.736. The van der Waals surface area contributed by atoms with Gasteiger partial charge in [0.05, 0.1) is 23.9 Å². The number of nitrogens with two attached hydrogens (primary N) is 1. The van der Waals surface area contributed by atoms with Crippen LogP contribution in [-0.2, 0) is 0 Å². The summed E-state index contributed by atoms with van der Waals surface area (Å²) in [7, 11) is 1.65. The van der Waals surface area contributed by atoms with Crippen molar-refractivity contribution < 1.29 is 4.74 Å². The van der Waals surface area contributed by atoms with Crippen LogP contribution in [0.5, 0.6) is 5.75 Å². The summed E-state index contributed by atoms with van der Waals surface area (Å²) in [5.74, 6) is 0.778. The summed E-state index contributed by atoms with van der Waals surface area (Å²) in [6.45, 7) is 2.02. The molecule has 5 heteroatoms. The van der Waals surface area contributed by atoms with Crippen LogP contribution in [0.25, 0.3) is 22.3 Å². The standard InChI is InChI=1S/C14H14N4O/c1-8-3-4-9(11(5-8)19-2)13-12-10(15)6-16-14(12)18-7-17-13/h3-7H,15H2,1-2H3,(H,16,17,18). The Balaban J connectivity index is 2.33. The number of methoxy groups -OCH3 is 1. The fourth-order valence-electron chi connectivity index (χ4n) is 2.19. The maximum atomic E-state index is 5.98. The van der Waals surface area contributed by atoms with Crippen molar-refractivity contribution in [2.24, 2.45) is 0 Å². The second-order valence-corrected chi connectivity index (χ2v) is 4.39. The smallest absolute Gasteiger partial charge is 0.143 e. The van der Waals surface area contributed by atoms with Gasteiger partial charge in [-0.25, -0.2) is 9.97 Å². The molecule has 0 aliphatic rings. The van der Waals surface area contributed by atoms with Crippen LogP contribution in [0.15, 0.2) is 30.7 Å². The van der Waals surface area contributed by atoms with Gasteiger partial charge in [-0.05, 0) is 24.6 Å². The second-order valence-electron chi connectivity index (χ2n) is 4.39. The van der Waals surface area contributed by atoms with E-state index in [1.807, 2.05) is 25.1 Å². The van der Waals surface area contributed by atoms with Crippen LogP contribution >= 0.6 is 0 Å². The van der Waals surface area contributed by atoms with E-state index in [0.29, 0.717) is 5.69 Å². The van der Waals surface area contributed by atoms with Gasteiger partial charge in [0.1, 0.15) is 17.7 Å². The Morgan fingerprint density at radius 3 is 2.89 bits per heavy atom. The van der Waals surface area contributed by atoms with Crippen molar-refractivity contribution in [2.45, 2.75) is 6.92 Å². The summed E-state index contributed by atoms with van der Waals surface area (Å²) in [5.41, 5.74) is 10.2. The van der Waals surface area contributed by atoms with E-state index in [1.54, 1.807) is 13.3 Å². The lowest BCUT2D eigenvalue weighted by atomic mass is 10.1. The predicted molar refractivity (Wildman–Crippen MR) is 75.0 cm³/mol. The molecule has 19 heavy (non-hydrogen) atoms. The van der Waals surface area contributed by atoms with Crippen LogP contribution in [0.4, 0.5) is 5.69 Å². The third-order valence-corrected chi connectivity index (χ3v) is 3.11. The Bertz CT molecular complexity index is 748. The molecule has 0 radical (unpaired) electrons. The lowest BCUT2D eigenvalue weighted by molar-refractivity contribution is 0.416. The first-order valence-corrected chi connectivity index (χ1v) is 5.93. The molecule has 2 heterocycles. The van der Waals surface area contributed by atoms with Crippen molar-refractivity contribution in [3.8, 4) is 17.0 Å². The van der Waals surface area contributed by atoms with E-state index >= 15 is 0 Å². The number of benzene rings is 1. The number of aryl methyl sites for hydroxylation is 1. The predicted octanol–water partition coefficient (Wildman–Crippen LogP) is 2.52. The van der Waals surface area contributed by atoms with E-state index in [9.17, 15) is 0 Å². The molecule has 0 saturated carbocycles. The van der Waals surface area contributed by atoms with Crippen molar-refractivity contribution in [2.75, 3.05) is 12.8 Å². The lowest BCUT2D eigenvalue weighted by Crippen LogP contribution is -1.94. The fourth-order valence-corrected chi connectivity index (χ4v) is 2.19. The highest BCUT2D eigenvalue weighted by Gasteiger charge is 2.14. The van der Waals surface area contributed by atoms with Gasteiger partial charge in [-0.3, -0.25) is 0 Å². The Morgan fingerprint density at radius 2 is 2.11 bits per heavy atom. The van der Waals surface area contributed by atoms with Crippen LogP contribution in [0.2, 0.25) is 0 Å². The Hall–Kier alpha value is -2.56. The summed E-state index contributed by atoms with van der Waals surface area (Å²) in [5, 5.41) is 0.824. The number of hydrogen-bond donors (Lipinski definition) is 2. The van der Waals surface area contributed by atoms with Crippen molar-refractivity contribution in [3.63, 3.8) is 0 Å². The number of nitrogens with zero attached hydrogens (tertiary/aromatic N) is 2. The molecule has 0 aliphatic heterocycles. The molecule has 0 fully saturated rings. The van der Waals surface area contributed by atoms with Crippen LogP contribution in [0.1, 0.15) is 5.56 Å². The number of H-pyrrole nitrogens is 1. The first-order chi connectivity index (χ1) is 9.20. The van der Waals surface area contributed by atoms with E-state index in [0.717, 1.165) is 33.6 Å². The summed E-state index contributed by atoms with van der Waals surface area (Å²) in [6.07, 6.45) is 3.25. The van der Waals surface area contributed by atoms with Gasteiger partial charge in [0.25, 0.3) is 0 Å². The monoisotopic (exact) mass is 254 g/mol. The average molecular weight is 254 g/mol. The summed E-state index contributed by atoms with van der Waals surface area (Å²) >= 11 is 0. The van der Waals surface area contributed by atoms with Gasteiger partial charge in [0.15, 0.2) is 0 Å². The SMILES string of the molecule is COc1cc(C)ccc1-c1ncnc2[nH]cc(N)c12. The first kappa shape index (κ1) is 11.5. The van der Waals surface area contributed by atoms with Gasteiger partial charge >= 0.3 is 0 Å². The van der Waals surface area contributed by atoms with Crippen LogP contribution < -0.4 is 10.5 Å². The molecule has 0 saturated heterocycles. The zero-order chi connectivity index (χ0) is 13.4. The fraction of sp³-hybridized carbons (Fsp3) is 0.143. The number of aromatic amines is 1. The molecule has 0 amide bonds. The highest BCUT2D eigenvalue weighted by atomic mass is 16.5. The van der Waals surface area contributed by atoms with E-state index < -0.39 is 0 Å². The number of anilines is 1. The van der Waals surface area contributed by atoms with Crippen LogP contribution in [-0.4, -0.2) is 22.1 Å².